The van der Waals surface area contributed by atoms with Gasteiger partial charge in [0.1, 0.15) is 6.20 Å². The molecule has 92 valence electrons. The standard InChI is InChI=1S/C9H11ClN4O2S/c1-13(6-2-3-17-5-6)8-7(14(15)16)4-11-9(10)12-8/h4,6H,2-3,5H2,1H3. The van der Waals surface area contributed by atoms with Crippen molar-refractivity contribution >= 4 is 34.9 Å². The van der Waals surface area contributed by atoms with Crippen LogP contribution in [0.1, 0.15) is 6.42 Å². The van der Waals surface area contributed by atoms with Gasteiger partial charge in [-0.3, -0.25) is 10.1 Å². The summed E-state index contributed by atoms with van der Waals surface area (Å²) in [5.41, 5.74) is -0.103. The summed E-state index contributed by atoms with van der Waals surface area (Å²) in [7, 11) is 1.81. The summed E-state index contributed by atoms with van der Waals surface area (Å²) in [5.74, 6) is 2.32. The third-order valence-electron chi connectivity index (χ3n) is 2.70. The van der Waals surface area contributed by atoms with Gasteiger partial charge in [-0.15, -0.1) is 0 Å². The first-order valence-electron chi connectivity index (χ1n) is 5.07. The number of hydrogen-bond donors (Lipinski definition) is 0. The van der Waals surface area contributed by atoms with Crippen molar-refractivity contribution in [3.05, 3.63) is 21.6 Å². The molecular weight excluding hydrogens is 264 g/mol. The van der Waals surface area contributed by atoms with Crippen LogP contribution in [0, 0.1) is 10.1 Å². The molecule has 1 aliphatic heterocycles. The largest absolute Gasteiger partial charge is 0.350 e. The summed E-state index contributed by atoms with van der Waals surface area (Å²) in [6.45, 7) is 0. The van der Waals surface area contributed by atoms with Gasteiger partial charge in [0, 0.05) is 18.8 Å². The molecule has 0 aliphatic carbocycles. The fourth-order valence-electron chi connectivity index (χ4n) is 1.73. The average Bonchev–Trinajstić information content (AvgIpc) is 2.80. The maximum Gasteiger partial charge on any atom is 0.329 e. The molecule has 8 heteroatoms. The summed E-state index contributed by atoms with van der Waals surface area (Å²) in [5, 5.41) is 10.9. The van der Waals surface area contributed by atoms with Gasteiger partial charge in [0.05, 0.1) is 4.92 Å². The molecule has 1 saturated heterocycles. The first-order valence-corrected chi connectivity index (χ1v) is 6.60. The molecule has 0 amide bonds. The highest BCUT2D eigenvalue weighted by molar-refractivity contribution is 7.99. The number of aromatic nitrogens is 2. The lowest BCUT2D eigenvalue weighted by Gasteiger charge is -2.24. The Balaban J connectivity index is 2.34. The molecule has 2 heterocycles. The van der Waals surface area contributed by atoms with Gasteiger partial charge in [-0.1, -0.05) is 0 Å². The van der Waals surface area contributed by atoms with Crippen molar-refractivity contribution in [1.82, 2.24) is 9.97 Å². The van der Waals surface area contributed by atoms with E-state index in [9.17, 15) is 10.1 Å². The molecule has 1 aromatic heterocycles. The zero-order valence-electron chi connectivity index (χ0n) is 9.17. The van der Waals surface area contributed by atoms with E-state index in [0.717, 1.165) is 24.1 Å². The van der Waals surface area contributed by atoms with E-state index in [1.165, 1.54) is 0 Å². The molecule has 1 fully saturated rings. The summed E-state index contributed by atoms with van der Waals surface area (Å²) < 4.78 is 0. The summed E-state index contributed by atoms with van der Waals surface area (Å²) in [6, 6.07) is 0.268. The highest BCUT2D eigenvalue weighted by Crippen LogP contribution is 2.30. The van der Waals surface area contributed by atoms with Crippen LogP contribution in [0.15, 0.2) is 6.20 Å². The summed E-state index contributed by atoms with van der Waals surface area (Å²) >= 11 is 7.53. The van der Waals surface area contributed by atoms with Crippen molar-refractivity contribution in [1.29, 1.82) is 0 Å². The highest BCUT2D eigenvalue weighted by Gasteiger charge is 2.27. The van der Waals surface area contributed by atoms with Crippen LogP contribution in [0.5, 0.6) is 0 Å². The van der Waals surface area contributed by atoms with Crippen molar-refractivity contribution < 1.29 is 4.92 Å². The second-order valence-corrected chi connectivity index (χ2v) is 5.22. The van der Waals surface area contributed by atoms with Crippen molar-refractivity contribution in [3.63, 3.8) is 0 Å². The Morgan fingerprint density at radius 1 is 1.71 bits per heavy atom. The molecule has 17 heavy (non-hydrogen) atoms. The zero-order valence-corrected chi connectivity index (χ0v) is 10.7. The van der Waals surface area contributed by atoms with Gasteiger partial charge >= 0.3 is 5.69 Å². The second-order valence-electron chi connectivity index (χ2n) is 3.73. The van der Waals surface area contributed by atoms with Crippen LogP contribution in [0.4, 0.5) is 11.5 Å². The molecule has 1 atom stereocenters. The molecule has 6 nitrogen and oxygen atoms in total. The Bertz CT molecular complexity index is 439. The van der Waals surface area contributed by atoms with Gasteiger partial charge < -0.3 is 4.90 Å². The first-order chi connectivity index (χ1) is 8.09. The van der Waals surface area contributed by atoms with Gasteiger partial charge in [0.2, 0.25) is 11.1 Å². The van der Waals surface area contributed by atoms with Crippen molar-refractivity contribution in [2.45, 2.75) is 12.5 Å². The third-order valence-corrected chi connectivity index (χ3v) is 4.03. The second kappa shape index (κ2) is 5.05. The molecule has 0 aromatic carbocycles. The normalized spacial score (nSPS) is 19.3. The van der Waals surface area contributed by atoms with Crippen molar-refractivity contribution in [2.75, 3.05) is 23.5 Å². The van der Waals surface area contributed by atoms with E-state index >= 15 is 0 Å². The molecule has 1 unspecified atom stereocenters. The maximum atomic E-state index is 10.9. The lowest BCUT2D eigenvalue weighted by molar-refractivity contribution is -0.384. The Hall–Kier alpha value is -1.08. The molecule has 0 spiro atoms. The lowest BCUT2D eigenvalue weighted by Crippen LogP contribution is -2.32. The third kappa shape index (κ3) is 2.61. The van der Waals surface area contributed by atoms with E-state index in [1.807, 2.05) is 23.7 Å². The van der Waals surface area contributed by atoms with Crippen LogP contribution in [0.3, 0.4) is 0 Å². The zero-order chi connectivity index (χ0) is 12.4. The Morgan fingerprint density at radius 3 is 3.06 bits per heavy atom. The molecule has 0 radical (unpaired) electrons. The van der Waals surface area contributed by atoms with Crippen LogP contribution in [-0.2, 0) is 0 Å². The van der Waals surface area contributed by atoms with Gasteiger partial charge in [0.25, 0.3) is 0 Å². The summed E-state index contributed by atoms with van der Waals surface area (Å²) in [4.78, 5) is 19.9. The highest BCUT2D eigenvalue weighted by atomic mass is 35.5. The van der Waals surface area contributed by atoms with E-state index in [-0.39, 0.29) is 17.0 Å². The fourth-order valence-corrected chi connectivity index (χ4v) is 3.13. The molecule has 1 aromatic rings. The molecule has 2 rings (SSSR count). The topological polar surface area (TPSA) is 72.2 Å². The van der Waals surface area contributed by atoms with Crippen LogP contribution >= 0.6 is 23.4 Å². The monoisotopic (exact) mass is 274 g/mol. The number of thioether (sulfide) groups is 1. The lowest BCUT2D eigenvalue weighted by atomic mass is 10.2. The van der Waals surface area contributed by atoms with E-state index in [0.29, 0.717) is 5.82 Å². The number of anilines is 1. The number of rotatable bonds is 3. The van der Waals surface area contributed by atoms with E-state index < -0.39 is 4.92 Å². The van der Waals surface area contributed by atoms with E-state index in [1.54, 1.807) is 0 Å². The van der Waals surface area contributed by atoms with Gasteiger partial charge in [-0.2, -0.15) is 16.7 Å². The molecule has 1 aliphatic rings. The molecular formula is C9H11ClN4O2S. The number of nitro groups is 1. The van der Waals surface area contributed by atoms with Crippen LogP contribution in [0.2, 0.25) is 5.28 Å². The van der Waals surface area contributed by atoms with Gasteiger partial charge in [0.15, 0.2) is 0 Å². The van der Waals surface area contributed by atoms with Crippen molar-refractivity contribution in [3.8, 4) is 0 Å². The number of halogens is 1. The van der Waals surface area contributed by atoms with Crippen LogP contribution in [0.25, 0.3) is 0 Å². The predicted octanol–water partition coefficient (Wildman–Crippen LogP) is 1.98. The number of hydrogen-bond acceptors (Lipinski definition) is 6. The Kier molecular flexibility index (Phi) is 3.68. The summed E-state index contributed by atoms with van der Waals surface area (Å²) in [6.07, 6.45) is 2.16. The fraction of sp³-hybridized carbons (Fsp3) is 0.556. The number of nitrogens with zero attached hydrogens (tertiary/aromatic N) is 4. The molecule has 0 saturated carbocycles. The quantitative estimate of drug-likeness (QED) is 0.477. The minimum Gasteiger partial charge on any atom is -0.350 e. The Morgan fingerprint density at radius 2 is 2.47 bits per heavy atom. The minimum absolute atomic E-state index is 0.0306. The average molecular weight is 275 g/mol. The van der Waals surface area contributed by atoms with Gasteiger partial charge in [-0.05, 0) is 23.8 Å². The SMILES string of the molecule is CN(c1nc(Cl)ncc1[N+](=O)[O-])C1CCSC1. The van der Waals surface area contributed by atoms with Crippen LogP contribution in [-0.4, -0.2) is 39.5 Å². The van der Waals surface area contributed by atoms with E-state index in [2.05, 4.69) is 9.97 Å². The minimum atomic E-state index is -0.482. The van der Waals surface area contributed by atoms with Gasteiger partial charge in [-0.25, -0.2) is 4.98 Å². The Labute approximate surface area is 108 Å². The van der Waals surface area contributed by atoms with Crippen molar-refractivity contribution in [2.24, 2.45) is 0 Å². The maximum absolute atomic E-state index is 10.9. The predicted molar refractivity (Wildman–Crippen MR) is 67.8 cm³/mol. The van der Waals surface area contributed by atoms with E-state index in [4.69, 9.17) is 11.6 Å². The smallest absolute Gasteiger partial charge is 0.329 e. The molecule has 0 N–H and O–H groups in total. The van der Waals surface area contributed by atoms with Crippen LogP contribution < -0.4 is 4.90 Å². The first kappa shape index (κ1) is 12.4. The molecule has 0 bridgehead atoms.